The van der Waals surface area contributed by atoms with Crippen LogP contribution in [0.25, 0.3) is 0 Å². The topological polar surface area (TPSA) is 29.3 Å². The third-order valence-electron chi connectivity index (χ3n) is 5.48. The van der Waals surface area contributed by atoms with Gasteiger partial charge in [0.1, 0.15) is 0 Å². The first-order valence-corrected chi connectivity index (χ1v) is 8.28. The summed E-state index contributed by atoms with van der Waals surface area (Å²) < 4.78 is 0. The molecule has 3 heteroatoms. The second-order valence-corrected chi connectivity index (χ2v) is 7.24. The van der Waals surface area contributed by atoms with Gasteiger partial charge in [0.25, 0.3) is 0 Å². The molecule has 1 heterocycles. The first-order chi connectivity index (χ1) is 8.12. The minimum absolute atomic E-state index is 0.271. The average molecular weight is 256 g/mol. The van der Waals surface area contributed by atoms with Crippen LogP contribution in [0.1, 0.15) is 39.5 Å². The highest BCUT2D eigenvalue weighted by atomic mass is 32.2. The molecule has 4 unspecified atom stereocenters. The lowest BCUT2D eigenvalue weighted by Gasteiger charge is -2.53. The lowest BCUT2D eigenvalue weighted by Crippen LogP contribution is -2.62. The van der Waals surface area contributed by atoms with Crippen molar-refractivity contribution in [1.82, 2.24) is 4.90 Å². The number of likely N-dealkylation sites (N-methyl/N-ethyl adjacent to an activating group) is 1. The van der Waals surface area contributed by atoms with Gasteiger partial charge >= 0.3 is 0 Å². The summed E-state index contributed by atoms with van der Waals surface area (Å²) in [5.74, 6) is 4.19. The number of hydrogen-bond acceptors (Lipinski definition) is 3. The summed E-state index contributed by atoms with van der Waals surface area (Å²) in [4.78, 5) is 2.66. The summed E-state index contributed by atoms with van der Waals surface area (Å²) >= 11 is 2.10. The van der Waals surface area contributed by atoms with Crippen molar-refractivity contribution < 1.29 is 0 Å². The van der Waals surface area contributed by atoms with Crippen LogP contribution in [0.5, 0.6) is 0 Å². The monoisotopic (exact) mass is 256 g/mol. The molecule has 100 valence electrons. The van der Waals surface area contributed by atoms with E-state index in [9.17, 15) is 0 Å². The van der Waals surface area contributed by atoms with Crippen LogP contribution >= 0.6 is 11.8 Å². The highest BCUT2D eigenvalue weighted by Gasteiger charge is 2.45. The minimum Gasteiger partial charge on any atom is -0.329 e. The van der Waals surface area contributed by atoms with Gasteiger partial charge in [-0.15, -0.1) is 0 Å². The molecule has 2 N–H and O–H groups in total. The summed E-state index contributed by atoms with van der Waals surface area (Å²) in [5, 5.41) is 0. The van der Waals surface area contributed by atoms with E-state index in [1.807, 2.05) is 0 Å². The molecule has 2 nitrogen and oxygen atoms in total. The fourth-order valence-corrected chi connectivity index (χ4v) is 5.13. The highest BCUT2D eigenvalue weighted by Crippen LogP contribution is 2.42. The van der Waals surface area contributed by atoms with Crippen molar-refractivity contribution in [2.75, 3.05) is 25.1 Å². The Labute approximate surface area is 111 Å². The summed E-state index contributed by atoms with van der Waals surface area (Å²) in [6.45, 7) is 5.66. The van der Waals surface area contributed by atoms with E-state index in [1.54, 1.807) is 0 Å². The van der Waals surface area contributed by atoms with Gasteiger partial charge in [-0.2, -0.15) is 11.8 Å². The van der Waals surface area contributed by atoms with Crippen LogP contribution in [-0.4, -0.2) is 41.6 Å². The van der Waals surface area contributed by atoms with Gasteiger partial charge in [0.15, 0.2) is 0 Å². The number of nitrogens with zero attached hydrogens (tertiary/aromatic N) is 1. The Hall–Kier alpha value is 0.270. The predicted molar refractivity (Wildman–Crippen MR) is 77.5 cm³/mol. The molecule has 0 bridgehead atoms. The van der Waals surface area contributed by atoms with Crippen molar-refractivity contribution in [3.05, 3.63) is 0 Å². The number of thioether (sulfide) groups is 1. The Morgan fingerprint density at radius 1 is 1.35 bits per heavy atom. The molecule has 0 amide bonds. The van der Waals surface area contributed by atoms with Crippen LogP contribution in [-0.2, 0) is 0 Å². The second-order valence-electron chi connectivity index (χ2n) is 6.09. The Bertz CT molecular complexity index is 253. The smallest absolute Gasteiger partial charge is 0.0359 e. The van der Waals surface area contributed by atoms with Gasteiger partial charge in [0.05, 0.1) is 0 Å². The van der Waals surface area contributed by atoms with Crippen molar-refractivity contribution in [3.8, 4) is 0 Å². The Morgan fingerprint density at radius 2 is 2.12 bits per heavy atom. The van der Waals surface area contributed by atoms with E-state index in [2.05, 4.69) is 37.6 Å². The fraction of sp³-hybridized carbons (Fsp3) is 1.00. The van der Waals surface area contributed by atoms with E-state index >= 15 is 0 Å². The van der Waals surface area contributed by atoms with E-state index in [4.69, 9.17) is 5.73 Å². The maximum atomic E-state index is 6.21. The minimum atomic E-state index is 0.271. The lowest BCUT2D eigenvalue weighted by molar-refractivity contribution is -0.0140. The molecule has 0 aromatic rings. The highest BCUT2D eigenvalue weighted by molar-refractivity contribution is 7.99. The second kappa shape index (κ2) is 5.50. The van der Waals surface area contributed by atoms with Gasteiger partial charge in [0.2, 0.25) is 0 Å². The maximum absolute atomic E-state index is 6.21. The molecule has 1 aliphatic heterocycles. The molecule has 0 aromatic carbocycles. The van der Waals surface area contributed by atoms with E-state index in [1.165, 1.54) is 37.2 Å². The predicted octanol–water partition coefficient (Wildman–Crippen LogP) is 2.58. The molecule has 2 fully saturated rings. The Kier molecular flexibility index (Phi) is 4.43. The molecule has 0 radical (unpaired) electrons. The summed E-state index contributed by atoms with van der Waals surface area (Å²) in [6.07, 6.45) is 5.39. The third-order valence-corrected chi connectivity index (χ3v) is 6.62. The molecular formula is C14H28N2S. The van der Waals surface area contributed by atoms with E-state index in [0.29, 0.717) is 0 Å². The average Bonchev–Trinajstić information content (AvgIpc) is 2.86. The number of nitrogens with two attached hydrogens (primary N) is 1. The van der Waals surface area contributed by atoms with Crippen molar-refractivity contribution in [2.45, 2.75) is 51.1 Å². The van der Waals surface area contributed by atoms with Gasteiger partial charge in [-0.1, -0.05) is 26.7 Å². The molecule has 0 aromatic heterocycles. The van der Waals surface area contributed by atoms with E-state index < -0.39 is 0 Å². The van der Waals surface area contributed by atoms with E-state index in [-0.39, 0.29) is 5.54 Å². The molecule has 2 rings (SSSR count). The number of rotatable bonds is 3. The lowest BCUT2D eigenvalue weighted by atomic mass is 9.67. The number of hydrogen-bond donors (Lipinski definition) is 1. The maximum Gasteiger partial charge on any atom is 0.0359 e. The third kappa shape index (κ3) is 2.39. The van der Waals surface area contributed by atoms with Crippen molar-refractivity contribution in [3.63, 3.8) is 0 Å². The van der Waals surface area contributed by atoms with Crippen molar-refractivity contribution in [2.24, 2.45) is 17.6 Å². The van der Waals surface area contributed by atoms with Crippen LogP contribution in [0.15, 0.2) is 0 Å². The summed E-state index contributed by atoms with van der Waals surface area (Å²) in [7, 11) is 2.33. The SMILES string of the molecule is CC1CCCC(CN)(N(C)C2CCSC2)C1C. The molecule has 17 heavy (non-hydrogen) atoms. The van der Waals surface area contributed by atoms with Gasteiger partial charge in [-0.25, -0.2) is 0 Å². The largest absolute Gasteiger partial charge is 0.329 e. The van der Waals surface area contributed by atoms with Gasteiger partial charge < -0.3 is 5.73 Å². The van der Waals surface area contributed by atoms with Crippen molar-refractivity contribution >= 4 is 11.8 Å². The van der Waals surface area contributed by atoms with Crippen LogP contribution in [0.3, 0.4) is 0 Å². The first-order valence-electron chi connectivity index (χ1n) is 7.12. The van der Waals surface area contributed by atoms with Gasteiger partial charge in [-0.3, -0.25) is 4.90 Å². The molecule has 0 spiro atoms. The van der Waals surface area contributed by atoms with Gasteiger partial charge in [-0.05, 0) is 37.5 Å². The molecule has 1 saturated heterocycles. The standard InChI is InChI=1S/C14H28N2S/c1-11-5-4-7-14(10-15,12(11)2)16(3)13-6-8-17-9-13/h11-13H,4-10,15H2,1-3H3. The Morgan fingerprint density at radius 3 is 2.71 bits per heavy atom. The quantitative estimate of drug-likeness (QED) is 0.841. The summed E-state index contributed by atoms with van der Waals surface area (Å²) in [5.41, 5.74) is 6.48. The normalized spacial score (nSPS) is 43.2. The zero-order valence-electron chi connectivity index (χ0n) is 11.6. The fourth-order valence-electron chi connectivity index (χ4n) is 3.86. The van der Waals surface area contributed by atoms with Crippen LogP contribution in [0, 0.1) is 11.8 Å². The molecule has 2 aliphatic rings. The van der Waals surface area contributed by atoms with Crippen LogP contribution in [0.2, 0.25) is 0 Å². The van der Waals surface area contributed by atoms with Gasteiger partial charge in [0, 0.05) is 23.9 Å². The molecule has 4 atom stereocenters. The van der Waals surface area contributed by atoms with E-state index in [0.717, 1.165) is 24.4 Å². The van der Waals surface area contributed by atoms with Crippen LogP contribution < -0.4 is 5.73 Å². The molecule has 1 saturated carbocycles. The first kappa shape index (κ1) is 13.7. The molecular weight excluding hydrogens is 228 g/mol. The zero-order chi connectivity index (χ0) is 12.5. The Balaban J connectivity index is 2.16. The molecule has 1 aliphatic carbocycles. The zero-order valence-corrected chi connectivity index (χ0v) is 12.4. The van der Waals surface area contributed by atoms with Crippen LogP contribution in [0.4, 0.5) is 0 Å². The van der Waals surface area contributed by atoms with Crippen molar-refractivity contribution in [1.29, 1.82) is 0 Å². The summed E-state index contributed by atoms with van der Waals surface area (Å²) in [6, 6.07) is 0.760.